The van der Waals surface area contributed by atoms with E-state index in [1.807, 2.05) is 35.7 Å². The number of nitrogens with zero attached hydrogens (tertiary/aromatic N) is 1. The lowest BCUT2D eigenvalue weighted by atomic mass is 10.1. The summed E-state index contributed by atoms with van der Waals surface area (Å²) in [7, 11) is 0. The third kappa shape index (κ3) is 3.28. The Hall–Kier alpha value is -1.78. The van der Waals surface area contributed by atoms with Crippen molar-refractivity contribution in [3.8, 4) is 5.75 Å². The van der Waals surface area contributed by atoms with E-state index in [0.29, 0.717) is 17.3 Å². The van der Waals surface area contributed by atoms with Crippen LogP contribution in [0.2, 0.25) is 0 Å². The molecule has 0 aliphatic heterocycles. The molecule has 0 spiro atoms. The number of aromatic amines is 1. The molecule has 3 rings (SSSR count). The molecule has 21 heavy (non-hydrogen) atoms. The van der Waals surface area contributed by atoms with Gasteiger partial charge in [-0.1, -0.05) is 12.1 Å². The Morgan fingerprint density at radius 2 is 2.24 bits per heavy atom. The van der Waals surface area contributed by atoms with Gasteiger partial charge in [-0.3, -0.25) is 0 Å². The molecule has 0 saturated heterocycles. The molecular formula is C17H20N2OS. The Kier molecular flexibility index (Phi) is 2.59. The zero-order chi connectivity index (χ0) is 19.7. The van der Waals surface area contributed by atoms with Crippen LogP contribution in [0.3, 0.4) is 0 Å². The average molecular weight is 306 g/mol. The smallest absolute Gasteiger partial charge is 0.129 e. The third-order valence-corrected chi connectivity index (χ3v) is 4.15. The van der Waals surface area contributed by atoms with Gasteiger partial charge in [0.15, 0.2) is 0 Å². The molecule has 2 heterocycles. The van der Waals surface area contributed by atoms with Crippen molar-refractivity contribution >= 4 is 22.2 Å². The lowest BCUT2D eigenvalue weighted by Gasteiger charge is -2.11. The summed E-state index contributed by atoms with van der Waals surface area (Å²) >= 11 is 1.61. The number of fused-ring (bicyclic) bond motifs is 1. The molecule has 0 saturated carbocycles. The number of rotatable bonds is 6. The molecule has 110 valence electrons. The second kappa shape index (κ2) is 6.33. The highest BCUT2D eigenvalue weighted by molar-refractivity contribution is 7.09. The van der Waals surface area contributed by atoms with Crippen molar-refractivity contribution < 1.29 is 13.0 Å². The van der Waals surface area contributed by atoms with Gasteiger partial charge < -0.3 is 14.6 Å². The molecule has 0 fully saturated rings. The highest BCUT2D eigenvalue weighted by Crippen LogP contribution is 2.30. The highest BCUT2D eigenvalue weighted by atomic mass is 32.1. The summed E-state index contributed by atoms with van der Waals surface area (Å²) in [5.74, 6) is 0.687. The van der Waals surface area contributed by atoms with Crippen LogP contribution < -0.4 is 4.74 Å². The molecule has 0 atom stereocenters. The van der Waals surface area contributed by atoms with Crippen LogP contribution in [0.5, 0.6) is 5.75 Å². The highest BCUT2D eigenvalue weighted by Gasteiger charge is 2.10. The molecule has 0 unspecified atom stereocenters. The molecule has 0 amide bonds. The second-order valence-electron chi connectivity index (χ2n) is 4.76. The van der Waals surface area contributed by atoms with Crippen LogP contribution in [-0.2, 0) is 13.0 Å². The van der Waals surface area contributed by atoms with E-state index in [1.54, 1.807) is 17.5 Å². The summed E-state index contributed by atoms with van der Waals surface area (Å²) in [6.07, 6.45) is 2.05. The Labute approximate surface area is 137 Å². The summed E-state index contributed by atoms with van der Waals surface area (Å²) in [5, 5.41) is 2.84. The maximum absolute atomic E-state index is 7.49. The molecular weight excluding hydrogens is 280 g/mol. The first-order valence-corrected chi connectivity index (χ1v) is 7.56. The first-order chi connectivity index (χ1) is 12.7. The van der Waals surface area contributed by atoms with E-state index in [0.717, 1.165) is 21.3 Å². The fraction of sp³-hybridized carbons (Fsp3) is 0.294. The van der Waals surface area contributed by atoms with E-state index >= 15 is 0 Å². The number of ether oxygens (including phenoxy) is 1. The van der Waals surface area contributed by atoms with Crippen molar-refractivity contribution in [3.05, 3.63) is 52.3 Å². The van der Waals surface area contributed by atoms with Gasteiger partial charge in [0.25, 0.3) is 0 Å². The van der Waals surface area contributed by atoms with Crippen molar-refractivity contribution in [1.82, 2.24) is 9.88 Å². The lowest BCUT2D eigenvalue weighted by molar-refractivity contribution is 0.313. The third-order valence-electron chi connectivity index (χ3n) is 3.30. The Morgan fingerprint density at radius 3 is 3.05 bits per heavy atom. The first-order valence-electron chi connectivity index (χ1n) is 9.68. The van der Waals surface area contributed by atoms with Gasteiger partial charge in [-0.15, -0.1) is 11.3 Å². The largest absolute Gasteiger partial charge is 0.487 e. The van der Waals surface area contributed by atoms with Crippen molar-refractivity contribution in [1.29, 1.82) is 0 Å². The maximum Gasteiger partial charge on any atom is 0.129 e. The summed E-state index contributed by atoms with van der Waals surface area (Å²) < 4.78 is 50.9. The topological polar surface area (TPSA) is 28.3 Å². The van der Waals surface area contributed by atoms with E-state index < -0.39 is 14.0 Å². The van der Waals surface area contributed by atoms with Crippen LogP contribution in [0.15, 0.2) is 41.9 Å². The standard InChI is InChI=1S/C17H20N2OS/c1-19(2)9-8-13-11-18-15-6-3-7-16(17(13)15)20-12-14-5-4-10-21-14/h3-7,10-11,18H,8-9,12H2,1-2H3/i1D3,2D3. The summed E-state index contributed by atoms with van der Waals surface area (Å²) in [4.78, 5) is 4.82. The second-order valence-corrected chi connectivity index (χ2v) is 5.79. The molecule has 1 N–H and O–H groups in total. The Morgan fingerprint density at radius 1 is 1.29 bits per heavy atom. The molecule has 0 aliphatic carbocycles. The van der Waals surface area contributed by atoms with Gasteiger partial charge in [-0.05, 0) is 49.5 Å². The SMILES string of the molecule is [2H]C([2H])([2H])N(CCc1c[nH]c2cccc(OCc3cccs3)c12)C([2H])([2H])[2H]. The summed E-state index contributed by atoms with van der Waals surface area (Å²) in [6.45, 7) is -5.04. The predicted octanol–water partition coefficient (Wildman–Crippen LogP) is 3.91. The Balaban J connectivity index is 1.82. The van der Waals surface area contributed by atoms with Gasteiger partial charge in [0.05, 0.1) is 0 Å². The summed E-state index contributed by atoms with van der Waals surface area (Å²) in [5.41, 5.74) is 1.69. The normalized spacial score (nSPS) is 16.8. The van der Waals surface area contributed by atoms with Crippen molar-refractivity contribution in [2.75, 3.05) is 20.5 Å². The predicted molar refractivity (Wildman–Crippen MR) is 89.2 cm³/mol. The molecule has 2 aromatic heterocycles. The van der Waals surface area contributed by atoms with Crippen LogP contribution in [0.25, 0.3) is 10.9 Å². The monoisotopic (exact) mass is 306 g/mol. The van der Waals surface area contributed by atoms with E-state index in [2.05, 4.69) is 4.98 Å². The lowest BCUT2D eigenvalue weighted by Crippen LogP contribution is -2.14. The number of aromatic nitrogens is 1. The number of H-pyrrole nitrogens is 1. The average Bonchev–Trinajstić information content (AvgIpc) is 3.20. The minimum atomic E-state index is -2.68. The van der Waals surface area contributed by atoms with Gasteiger partial charge in [0, 0.05) is 36.7 Å². The van der Waals surface area contributed by atoms with Gasteiger partial charge in [-0.25, -0.2) is 0 Å². The van der Waals surface area contributed by atoms with Gasteiger partial charge in [0.1, 0.15) is 12.4 Å². The fourth-order valence-corrected chi connectivity index (χ4v) is 2.93. The van der Waals surface area contributed by atoms with E-state index in [1.165, 1.54) is 0 Å². The van der Waals surface area contributed by atoms with Gasteiger partial charge in [0.2, 0.25) is 0 Å². The maximum atomic E-state index is 7.49. The number of thiophene rings is 1. The Bertz CT molecular complexity index is 871. The number of nitrogens with one attached hydrogen (secondary N) is 1. The van der Waals surface area contributed by atoms with E-state index in [9.17, 15) is 0 Å². The molecule has 0 bridgehead atoms. The van der Waals surface area contributed by atoms with Crippen LogP contribution in [0.1, 0.15) is 18.7 Å². The van der Waals surface area contributed by atoms with E-state index in [4.69, 9.17) is 13.0 Å². The molecule has 0 aliphatic rings. The minimum Gasteiger partial charge on any atom is -0.487 e. The van der Waals surface area contributed by atoms with Gasteiger partial charge >= 0.3 is 0 Å². The van der Waals surface area contributed by atoms with Crippen LogP contribution in [0, 0.1) is 0 Å². The fourth-order valence-electron chi connectivity index (χ4n) is 2.31. The van der Waals surface area contributed by atoms with Crippen LogP contribution in [0.4, 0.5) is 0 Å². The first kappa shape index (κ1) is 8.61. The number of likely N-dealkylation sites (N-methyl/N-ethyl adjacent to an activating group) is 1. The molecule has 3 nitrogen and oxygen atoms in total. The summed E-state index contributed by atoms with van der Waals surface area (Å²) in [6, 6.07) is 9.60. The zero-order valence-electron chi connectivity index (χ0n) is 17.4. The number of hydrogen-bond donors (Lipinski definition) is 1. The van der Waals surface area contributed by atoms with Crippen molar-refractivity contribution in [2.24, 2.45) is 0 Å². The van der Waals surface area contributed by atoms with Gasteiger partial charge in [-0.2, -0.15) is 0 Å². The molecule has 4 heteroatoms. The number of benzene rings is 1. The van der Waals surface area contributed by atoms with Crippen molar-refractivity contribution in [3.63, 3.8) is 0 Å². The zero-order valence-corrected chi connectivity index (χ0v) is 12.2. The van der Waals surface area contributed by atoms with Crippen LogP contribution in [-0.4, -0.2) is 30.4 Å². The quantitative estimate of drug-likeness (QED) is 0.748. The van der Waals surface area contributed by atoms with Crippen LogP contribution >= 0.6 is 11.3 Å². The molecule has 1 aromatic carbocycles. The molecule has 3 aromatic rings. The minimum absolute atomic E-state index is 0.112. The van der Waals surface area contributed by atoms with Crippen molar-refractivity contribution in [2.45, 2.75) is 13.0 Å². The van der Waals surface area contributed by atoms with E-state index in [-0.39, 0.29) is 13.0 Å². The number of hydrogen-bond acceptors (Lipinski definition) is 3. The molecule has 0 radical (unpaired) electrons.